The standard InChI is InChI=1S/C14H20N2O2/c1-2-7-18-9-14(17)16-13-6-3-10-8-11(15)4-5-12(10)13/h4-5,8,13H,2-3,6-7,9,15H2,1H3,(H,16,17). The van der Waals surface area contributed by atoms with Gasteiger partial charge in [0.2, 0.25) is 5.91 Å². The maximum absolute atomic E-state index is 11.7. The Hall–Kier alpha value is -1.55. The zero-order valence-corrected chi connectivity index (χ0v) is 10.7. The van der Waals surface area contributed by atoms with Crippen molar-refractivity contribution in [3.8, 4) is 0 Å². The Kier molecular flexibility index (Phi) is 4.20. The third-order valence-corrected chi connectivity index (χ3v) is 3.16. The van der Waals surface area contributed by atoms with Crippen molar-refractivity contribution in [3.63, 3.8) is 0 Å². The highest BCUT2D eigenvalue weighted by Gasteiger charge is 2.23. The first-order valence-electron chi connectivity index (χ1n) is 6.46. The van der Waals surface area contributed by atoms with Crippen molar-refractivity contribution in [1.29, 1.82) is 0 Å². The molecule has 0 fully saturated rings. The number of nitrogens with one attached hydrogen (secondary N) is 1. The Morgan fingerprint density at radius 1 is 1.56 bits per heavy atom. The van der Waals surface area contributed by atoms with Crippen molar-refractivity contribution in [1.82, 2.24) is 5.32 Å². The van der Waals surface area contributed by atoms with Crippen molar-refractivity contribution in [2.45, 2.75) is 32.2 Å². The molecule has 1 aromatic carbocycles. The van der Waals surface area contributed by atoms with Gasteiger partial charge in [0, 0.05) is 12.3 Å². The molecule has 1 aromatic rings. The van der Waals surface area contributed by atoms with Gasteiger partial charge in [-0.15, -0.1) is 0 Å². The number of carbonyl (C=O) groups excluding carboxylic acids is 1. The SMILES string of the molecule is CCCOCC(=O)NC1CCc2cc(N)ccc21. The van der Waals surface area contributed by atoms with Gasteiger partial charge in [-0.25, -0.2) is 0 Å². The number of benzene rings is 1. The monoisotopic (exact) mass is 248 g/mol. The van der Waals surface area contributed by atoms with Gasteiger partial charge in [0.1, 0.15) is 6.61 Å². The molecule has 98 valence electrons. The second-order valence-corrected chi connectivity index (χ2v) is 4.67. The lowest BCUT2D eigenvalue weighted by molar-refractivity contribution is -0.126. The number of carbonyl (C=O) groups is 1. The minimum atomic E-state index is -0.0434. The van der Waals surface area contributed by atoms with E-state index in [4.69, 9.17) is 10.5 Å². The molecule has 0 aromatic heterocycles. The largest absolute Gasteiger partial charge is 0.399 e. The van der Waals surface area contributed by atoms with E-state index in [9.17, 15) is 4.79 Å². The van der Waals surface area contributed by atoms with Crippen LogP contribution in [0.4, 0.5) is 5.69 Å². The van der Waals surface area contributed by atoms with Crippen molar-refractivity contribution < 1.29 is 9.53 Å². The minimum absolute atomic E-state index is 0.0434. The smallest absolute Gasteiger partial charge is 0.246 e. The summed E-state index contributed by atoms with van der Waals surface area (Å²) in [6, 6.07) is 6.00. The second kappa shape index (κ2) is 5.87. The van der Waals surface area contributed by atoms with Crippen LogP contribution in [0.25, 0.3) is 0 Å². The summed E-state index contributed by atoms with van der Waals surface area (Å²) in [6.07, 6.45) is 2.85. The van der Waals surface area contributed by atoms with E-state index >= 15 is 0 Å². The topological polar surface area (TPSA) is 64.3 Å². The molecule has 1 aliphatic carbocycles. The molecular formula is C14H20N2O2. The van der Waals surface area contributed by atoms with Gasteiger partial charge in [-0.2, -0.15) is 0 Å². The third kappa shape index (κ3) is 3.01. The number of nitrogens with two attached hydrogens (primary N) is 1. The number of anilines is 1. The molecule has 0 saturated heterocycles. The predicted octanol–water partition coefficient (Wildman–Crippen LogP) is 1.80. The molecule has 18 heavy (non-hydrogen) atoms. The summed E-state index contributed by atoms with van der Waals surface area (Å²) in [5.41, 5.74) is 8.97. The second-order valence-electron chi connectivity index (χ2n) is 4.67. The highest BCUT2D eigenvalue weighted by Crippen LogP contribution is 2.32. The lowest BCUT2D eigenvalue weighted by Gasteiger charge is -2.14. The Morgan fingerprint density at radius 3 is 3.17 bits per heavy atom. The van der Waals surface area contributed by atoms with Gasteiger partial charge in [0.25, 0.3) is 0 Å². The summed E-state index contributed by atoms with van der Waals surface area (Å²) < 4.78 is 5.23. The lowest BCUT2D eigenvalue weighted by atomic mass is 10.1. The van der Waals surface area contributed by atoms with Crippen LogP contribution in [0.15, 0.2) is 18.2 Å². The van der Waals surface area contributed by atoms with E-state index in [0.29, 0.717) is 6.61 Å². The maximum atomic E-state index is 11.7. The van der Waals surface area contributed by atoms with Crippen LogP contribution in [0.5, 0.6) is 0 Å². The third-order valence-electron chi connectivity index (χ3n) is 3.16. The molecule has 0 heterocycles. The van der Waals surface area contributed by atoms with Crippen LogP contribution in [-0.2, 0) is 16.0 Å². The molecule has 0 spiro atoms. The summed E-state index contributed by atoms with van der Waals surface area (Å²) >= 11 is 0. The van der Waals surface area contributed by atoms with Crippen molar-refractivity contribution in [2.75, 3.05) is 18.9 Å². The highest BCUT2D eigenvalue weighted by molar-refractivity contribution is 5.78. The Bertz CT molecular complexity index is 432. The summed E-state index contributed by atoms with van der Waals surface area (Å²) in [4.78, 5) is 11.7. The molecule has 4 nitrogen and oxygen atoms in total. The van der Waals surface area contributed by atoms with Crippen molar-refractivity contribution in [2.24, 2.45) is 0 Å². The number of fused-ring (bicyclic) bond motifs is 1. The number of hydrogen-bond donors (Lipinski definition) is 2. The van der Waals surface area contributed by atoms with Crippen LogP contribution < -0.4 is 11.1 Å². The van der Waals surface area contributed by atoms with Gasteiger partial charge in [0.15, 0.2) is 0 Å². The number of aryl methyl sites for hydroxylation is 1. The first kappa shape index (κ1) is 12.9. The first-order valence-corrected chi connectivity index (χ1v) is 6.46. The summed E-state index contributed by atoms with van der Waals surface area (Å²) in [6.45, 7) is 2.80. The fourth-order valence-corrected chi connectivity index (χ4v) is 2.33. The normalized spacial score (nSPS) is 17.5. The lowest BCUT2D eigenvalue weighted by Crippen LogP contribution is -2.30. The molecular weight excluding hydrogens is 228 g/mol. The van der Waals surface area contributed by atoms with E-state index in [-0.39, 0.29) is 18.6 Å². The Morgan fingerprint density at radius 2 is 2.39 bits per heavy atom. The molecule has 0 aliphatic heterocycles. The molecule has 3 N–H and O–H groups in total. The molecule has 4 heteroatoms. The number of hydrogen-bond acceptors (Lipinski definition) is 3. The highest BCUT2D eigenvalue weighted by atomic mass is 16.5. The van der Waals surface area contributed by atoms with Crippen LogP contribution in [0.1, 0.15) is 36.9 Å². The Balaban J connectivity index is 1.91. The number of nitrogen functional groups attached to an aromatic ring is 1. The number of ether oxygens (including phenoxy) is 1. The van der Waals surface area contributed by atoms with E-state index in [0.717, 1.165) is 24.9 Å². The van der Waals surface area contributed by atoms with Crippen molar-refractivity contribution >= 4 is 11.6 Å². The number of amides is 1. The van der Waals surface area contributed by atoms with Crippen LogP contribution in [0.2, 0.25) is 0 Å². The van der Waals surface area contributed by atoms with E-state index in [1.807, 2.05) is 25.1 Å². The summed E-state index contributed by atoms with van der Waals surface area (Å²) in [5, 5.41) is 3.01. The molecule has 0 saturated carbocycles. The zero-order valence-electron chi connectivity index (χ0n) is 10.7. The van der Waals surface area contributed by atoms with Gasteiger partial charge in [-0.05, 0) is 42.5 Å². The van der Waals surface area contributed by atoms with Gasteiger partial charge in [-0.3, -0.25) is 4.79 Å². The van der Waals surface area contributed by atoms with Gasteiger partial charge in [-0.1, -0.05) is 13.0 Å². The molecule has 2 rings (SSSR count). The maximum Gasteiger partial charge on any atom is 0.246 e. The van der Waals surface area contributed by atoms with Crippen LogP contribution in [-0.4, -0.2) is 19.1 Å². The van der Waals surface area contributed by atoms with Crippen LogP contribution >= 0.6 is 0 Å². The molecule has 1 unspecified atom stereocenters. The van der Waals surface area contributed by atoms with Crippen molar-refractivity contribution in [3.05, 3.63) is 29.3 Å². The Labute approximate surface area is 108 Å². The van der Waals surface area contributed by atoms with E-state index in [1.165, 1.54) is 11.1 Å². The fraction of sp³-hybridized carbons (Fsp3) is 0.500. The van der Waals surface area contributed by atoms with Crippen LogP contribution in [0.3, 0.4) is 0 Å². The van der Waals surface area contributed by atoms with Gasteiger partial charge >= 0.3 is 0 Å². The summed E-state index contributed by atoms with van der Waals surface area (Å²) in [7, 11) is 0. The quantitative estimate of drug-likeness (QED) is 0.617. The molecule has 1 amide bonds. The van der Waals surface area contributed by atoms with E-state index in [2.05, 4.69) is 5.32 Å². The molecule has 1 aliphatic rings. The van der Waals surface area contributed by atoms with Gasteiger partial charge in [0.05, 0.1) is 6.04 Å². The van der Waals surface area contributed by atoms with E-state index in [1.54, 1.807) is 0 Å². The zero-order chi connectivity index (χ0) is 13.0. The molecule has 0 bridgehead atoms. The average Bonchev–Trinajstić information content (AvgIpc) is 2.72. The first-order chi connectivity index (χ1) is 8.70. The van der Waals surface area contributed by atoms with E-state index < -0.39 is 0 Å². The fourth-order valence-electron chi connectivity index (χ4n) is 2.33. The van der Waals surface area contributed by atoms with Gasteiger partial charge < -0.3 is 15.8 Å². The number of rotatable bonds is 5. The average molecular weight is 248 g/mol. The van der Waals surface area contributed by atoms with Crippen LogP contribution in [0, 0.1) is 0 Å². The minimum Gasteiger partial charge on any atom is -0.399 e. The molecule has 1 atom stereocenters. The predicted molar refractivity (Wildman–Crippen MR) is 71.2 cm³/mol. The summed E-state index contributed by atoms with van der Waals surface area (Å²) in [5.74, 6) is -0.0434. The molecule has 0 radical (unpaired) electrons.